The maximum Gasteiger partial charge on any atom is 0.229 e. The van der Waals surface area contributed by atoms with E-state index in [0.717, 1.165) is 32.1 Å². The van der Waals surface area contributed by atoms with E-state index < -0.39 is 0 Å². The Bertz CT molecular complexity index is 938. The minimum absolute atomic E-state index is 0.105. The van der Waals surface area contributed by atoms with Crippen LogP contribution in [0.25, 0.3) is 10.8 Å². The molecule has 0 aliphatic heterocycles. The summed E-state index contributed by atoms with van der Waals surface area (Å²) in [6.07, 6.45) is 0. The normalized spacial score (nSPS) is 12.0. The molecule has 0 saturated heterocycles. The second-order valence-corrected chi connectivity index (χ2v) is 7.33. The van der Waals surface area contributed by atoms with Gasteiger partial charge in [0.1, 0.15) is 5.75 Å². The molecule has 3 aromatic rings. The van der Waals surface area contributed by atoms with Gasteiger partial charge in [-0.1, -0.05) is 58.4 Å². The number of ether oxygens (including phenoxy) is 1. The predicted molar refractivity (Wildman–Crippen MR) is 110 cm³/mol. The number of nitrogens with zero attached hydrogens (tertiary/aromatic N) is 1. The Morgan fingerprint density at radius 2 is 1.77 bits per heavy atom. The van der Waals surface area contributed by atoms with Crippen molar-refractivity contribution in [2.24, 2.45) is 0 Å². The number of halogens is 1. The number of hydrogen-bond donors (Lipinski definition) is 0. The van der Waals surface area contributed by atoms with E-state index >= 15 is 0 Å². The van der Waals surface area contributed by atoms with Gasteiger partial charge in [0.25, 0.3) is 0 Å². The third-order valence-corrected chi connectivity index (χ3v) is 5.46. The quantitative estimate of drug-likeness (QED) is 0.564. The van der Waals surface area contributed by atoms with Crippen molar-refractivity contribution in [3.05, 3.63) is 76.3 Å². The SMILES string of the molecule is COc1ccc2cc([C@H](C)C(=O)N(C)Cc3ccccc3Br)ccc2c1. The van der Waals surface area contributed by atoms with E-state index in [-0.39, 0.29) is 11.8 Å². The Morgan fingerprint density at radius 3 is 2.50 bits per heavy atom. The molecular weight excluding hydrogens is 390 g/mol. The first-order valence-electron chi connectivity index (χ1n) is 8.55. The van der Waals surface area contributed by atoms with Gasteiger partial charge in [0.05, 0.1) is 13.0 Å². The molecule has 0 N–H and O–H groups in total. The number of carbonyl (C=O) groups is 1. The molecule has 1 amide bonds. The first kappa shape index (κ1) is 18.5. The fourth-order valence-corrected chi connectivity index (χ4v) is 3.48. The van der Waals surface area contributed by atoms with E-state index in [9.17, 15) is 4.79 Å². The van der Waals surface area contributed by atoms with Gasteiger partial charge in [-0.2, -0.15) is 0 Å². The molecule has 0 heterocycles. The Kier molecular flexibility index (Phi) is 5.62. The maximum atomic E-state index is 12.9. The van der Waals surface area contributed by atoms with Crippen LogP contribution in [0, 0.1) is 0 Å². The highest BCUT2D eigenvalue weighted by atomic mass is 79.9. The molecule has 3 nitrogen and oxygen atoms in total. The van der Waals surface area contributed by atoms with Gasteiger partial charge in [-0.3, -0.25) is 4.79 Å². The minimum Gasteiger partial charge on any atom is -0.497 e. The third-order valence-electron chi connectivity index (χ3n) is 4.68. The number of likely N-dealkylation sites (N-methyl/N-ethyl adjacent to an activating group) is 1. The van der Waals surface area contributed by atoms with E-state index in [1.54, 1.807) is 12.0 Å². The smallest absolute Gasteiger partial charge is 0.229 e. The second-order valence-electron chi connectivity index (χ2n) is 6.48. The van der Waals surface area contributed by atoms with Crippen LogP contribution >= 0.6 is 15.9 Å². The molecule has 3 aromatic carbocycles. The average Bonchev–Trinajstić information content (AvgIpc) is 2.67. The number of fused-ring (bicyclic) bond motifs is 1. The summed E-state index contributed by atoms with van der Waals surface area (Å²) in [7, 11) is 3.52. The highest BCUT2D eigenvalue weighted by Crippen LogP contribution is 2.26. The Hall–Kier alpha value is -2.33. The zero-order valence-corrected chi connectivity index (χ0v) is 16.8. The van der Waals surface area contributed by atoms with E-state index in [1.807, 2.05) is 68.6 Å². The molecule has 0 spiro atoms. The lowest BCUT2D eigenvalue weighted by atomic mass is 9.96. The van der Waals surface area contributed by atoms with Crippen molar-refractivity contribution in [1.82, 2.24) is 4.90 Å². The summed E-state index contributed by atoms with van der Waals surface area (Å²) < 4.78 is 6.29. The molecular formula is C22H22BrNO2. The van der Waals surface area contributed by atoms with Crippen molar-refractivity contribution in [2.45, 2.75) is 19.4 Å². The molecule has 134 valence electrons. The fraction of sp³-hybridized carbons (Fsp3) is 0.227. The summed E-state index contributed by atoms with van der Waals surface area (Å²) in [5.41, 5.74) is 2.12. The molecule has 3 rings (SSSR count). The number of benzene rings is 3. The highest BCUT2D eigenvalue weighted by Gasteiger charge is 2.20. The van der Waals surface area contributed by atoms with Gasteiger partial charge in [0, 0.05) is 18.1 Å². The number of carbonyl (C=O) groups excluding carboxylic acids is 1. The van der Waals surface area contributed by atoms with Crippen LogP contribution in [0.4, 0.5) is 0 Å². The lowest BCUT2D eigenvalue weighted by Gasteiger charge is -2.22. The maximum absolute atomic E-state index is 12.9. The van der Waals surface area contributed by atoms with Gasteiger partial charge in [-0.15, -0.1) is 0 Å². The molecule has 0 aromatic heterocycles. The van der Waals surface area contributed by atoms with E-state index in [4.69, 9.17) is 4.74 Å². The summed E-state index contributed by atoms with van der Waals surface area (Å²) in [4.78, 5) is 14.7. The molecule has 26 heavy (non-hydrogen) atoms. The number of rotatable bonds is 5. The van der Waals surface area contributed by atoms with Crippen molar-refractivity contribution >= 4 is 32.6 Å². The van der Waals surface area contributed by atoms with Crippen LogP contribution in [0.2, 0.25) is 0 Å². The molecule has 0 unspecified atom stereocenters. The molecule has 0 saturated carbocycles. The molecule has 0 radical (unpaired) electrons. The zero-order chi connectivity index (χ0) is 18.7. The van der Waals surface area contributed by atoms with Crippen molar-refractivity contribution < 1.29 is 9.53 Å². The van der Waals surface area contributed by atoms with Gasteiger partial charge in [-0.05, 0) is 47.0 Å². The summed E-state index contributed by atoms with van der Waals surface area (Å²) in [6.45, 7) is 2.54. The van der Waals surface area contributed by atoms with Gasteiger partial charge in [0.2, 0.25) is 5.91 Å². The van der Waals surface area contributed by atoms with Crippen LogP contribution in [0.15, 0.2) is 65.1 Å². The first-order chi connectivity index (χ1) is 12.5. The molecule has 0 bridgehead atoms. The van der Waals surface area contributed by atoms with Crippen LogP contribution in [0.3, 0.4) is 0 Å². The van der Waals surface area contributed by atoms with Gasteiger partial charge < -0.3 is 9.64 Å². The predicted octanol–water partition coefficient (Wildman–Crippen LogP) is 5.37. The summed E-state index contributed by atoms with van der Waals surface area (Å²) in [6, 6.07) is 20.1. The highest BCUT2D eigenvalue weighted by molar-refractivity contribution is 9.10. The summed E-state index contributed by atoms with van der Waals surface area (Å²) in [5, 5.41) is 2.21. The Morgan fingerprint density at radius 1 is 1.08 bits per heavy atom. The zero-order valence-electron chi connectivity index (χ0n) is 15.2. The number of hydrogen-bond acceptors (Lipinski definition) is 2. The lowest BCUT2D eigenvalue weighted by Crippen LogP contribution is -2.30. The van der Waals surface area contributed by atoms with Gasteiger partial charge in [-0.25, -0.2) is 0 Å². The van der Waals surface area contributed by atoms with Crippen LogP contribution in [-0.4, -0.2) is 25.0 Å². The van der Waals surface area contributed by atoms with Crippen LogP contribution < -0.4 is 4.74 Å². The Balaban J connectivity index is 1.79. The molecule has 0 aliphatic rings. The second kappa shape index (κ2) is 7.92. The average molecular weight is 412 g/mol. The van der Waals surface area contributed by atoms with E-state index in [2.05, 4.69) is 22.0 Å². The largest absolute Gasteiger partial charge is 0.497 e. The van der Waals surface area contributed by atoms with Crippen molar-refractivity contribution in [3.63, 3.8) is 0 Å². The topological polar surface area (TPSA) is 29.5 Å². The molecule has 0 fully saturated rings. The Labute approximate surface area is 162 Å². The van der Waals surface area contributed by atoms with E-state index in [1.165, 1.54) is 0 Å². The fourth-order valence-electron chi connectivity index (χ4n) is 3.07. The molecule has 0 aliphatic carbocycles. The van der Waals surface area contributed by atoms with Gasteiger partial charge >= 0.3 is 0 Å². The minimum atomic E-state index is -0.200. The monoisotopic (exact) mass is 411 g/mol. The van der Waals surface area contributed by atoms with Crippen molar-refractivity contribution in [1.29, 1.82) is 0 Å². The lowest BCUT2D eigenvalue weighted by molar-refractivity contribution is -0.131. The van der Waals surface area contributed by atoms with Crippen molar-refractivity contribution in [2.75, 3.05) is 14.2 Å². The number of amides is 1. The third kappa shape index (κ3) is 3.91. The van der Waals surface area contributed by atoms with Crippen LogP contribution in [-0.2, 0) is 11.3 Å². The summed E-state index contributed by atoms with van der Waals surface area (Å²) in [5.74, 6) is 0.741. The first-order valence-corrected chi connectivity index (χ1v) is 9.35. The molecule has 1 atom stereocenters. The molecule has 4 heteroatoms. The standard InChI is InChI=1S/C22H22BrNO2/c1-15(22(25)24(2)14-19-6-4-5-7-21(19)23)16-8-9-18-13-20(26-3)11-10-17(18)12-16/h4-13,15H,14H2,1-3H3/t15-/m0/s1. The summed E-state index contributed by atoms with van der Waals surface area (Å²) >= 11 is 3.55. The number of methoxy groups -OCH3 is 1. The van der Waals surface area contributed by atoms with E-state index in [0.29, 0.717) is 6.54 Å². The van der Waals surface area contributed by atoms with Crippen LogP contribution in [0.1, 0.15) is 24.0 Å². The van der Waals surface area contributed by atoms with Gasteiger partial charge in [0.15, 0.2) is 0 Å². The van der Waals surface area contributed by atoms with Crippen molar-refractivity contribution in [3.8, 4) is 5.75 Å². The van der Waals surface area contributed by atoms with Crippen LogP contribution in [0.5, 0.6) is 5.75 Å².